The Morgan fingerprint density at radius 2 is 1.60 bits per heavy atom. The topological polar surface area (TPSA) is 47.8 Å². The van der Waals surface area contributed by atoms with Crippen molar-refractivity contribution in [3.63, 3.8) is 0 Å². The van der Waals surface area contributed by atoms with Gasteiger partial charge in [0.1, 0.15) is 17.2 Å². The van der Waals surface area contributed by atoms with Crippen LogP contribution in [0.4, 0.5) is 8.78 Å². The lowest BCUT2D eigenvalue weighted by Crippen LogP contribution is -2.22. The predicted octanol–water partition coefficient (Wildman–Crippen LogP) is 4.94. The van der Waals surface area contributed by atoms with Crippen LogP contribution >= 0.6 is 0 Å². The van der Waals surface area contributed by atoms with E-state index in [1.165, 1.54) is 29.1 Å². The van der Waals surface area contributed by atoms with Crippen molar-refractivity contribution in [2.45, 2.75) is 6.54 Å². The molecule has 3 aromatic carbocycles. The molecule has 0 aliphatic rings. The molecule has 0 spiro atoms. The fourth-order valence-electron chi connectivity index (χ4n) is 3.63. The van der Waals surface area contributed by atoms with Gasteiger partial charge in [-0.3, -0.25) is 9.78 Å². The number of pyridine rings is 1. The van der Waals surface area contributed by atoms with Gasteiger partial charge in [0.15, 0.2) is 0 Å². The van der Waals surface area contributed by atoms with Crippen LogP contribution in [-0.4, -0.2) is 14.5 Å². The second-order valence-electron chi connectivity index (χ2n) is 7.03. The van der Waals surface area contributed by atoms with Gasteiger partial charge < -0.3 is 4.57 Å². The van der Waals surface area contributed by atoms with Gasteiger partial charge in [0, 0.05) is 11.8 Å². The van der Waals surface area contributed by atoms with Crippen molar-refractivity contribution in [3.8, 4) is 11.1 Å². The molecule has 30 heavy (non-hydrogen) atoms. The Labute approximate surface area is 170 Å². The van der Waals surface area contributed by atoms with Gasteiger partial charge in [0.25, 0.3) is 5.56 Å². The Kier molecular flexibility index (Phi) is 4.32. The van der Waals surface area contributed by atoms with Crippen molar-refractivity contribution in [2.24, 2.45) is 0 Å². The lowest BCUT2D eigenvalue weighted by atomic mass is 9.99. The summed E-state index contributed by atoms with van der Waals surface area (Å²) < 4.78 is 31.2. The molecule has 0 amide bonds. The van der Waals surface area contributed by atoms with E-state index in [-0.39, 0.29) is 12.1 Å². The highest BCUT2D eigenvalue weighted by Crippen LogP contribution is 2.28. The van der Waals surface area contributed by atoms with Gasteiger partial charge in [-0.25, -0.2) is 13.8 Å². The summed E-state index contributed by atoms with van der Waals surface area (Å²) in [6.45, 7) is -0.239. The van der Waals surface area contributed by atoms with Crippen molar-refractivity contribution in [1.82, 2.24) is 14.5 Å². The lowest BCUT2D eigenvalue weighted by Gasteiger charge is -2.12. The largest absolute Gasteiger partial charge is 0.301 e. The molecule has 2 heterocycles. The SMILES string of the molecule is O=c1cnc2cnccc2n1Cc1c(F)cc(-c2ccc3ccccc3c2)cc1F. The first kappa shape index (κ1) is 18.1. The quantitative estimate of drug-likeness (QED) is 0.432. The minimum atomic E-state index is -0.705. The number of nitrogens with zero attached hydrogens (tertiary/aromatic N) is 3. The molecule has 0 radical (unpaired) electrons. The van der Waals surface area contributed by atoms with Crippen LogP contribution in [0.3, 0.4) is 0 Å². The van der Waals surface area contributed by atoms with Crippen molar-refractivity contribution >= 4 is 21.8 Å². The van der Waals surface area contributed by atoms with Crippen LogP contribution in [0.25, 0.3) is 32.9 Å². The van der Waals surface area contributed by atoms with Gasteiger partial charge in [0.2, 0.25) is 0 Å². The van der Waals surface area contributed by atoms with E-state index in [0.717, 1.165) is 22.5 Å². The molecular weight excluding hydrogens is 384 g/mol. The zero-order valence-electron chi connectivity index (χ0n) is 15.7. The maximum Gasteiger partial charge on any atom is 0.269 e. The van der Waals surface area contributed by atoms with E-state index in [1.807, 2.05) is 42.5 Å². The van der Waals surface area contributed by atoms with Gasteiger partial charge >= 0.3 is 0 Å². The highest BCUT2D eigenvalue weighted by atomic mass is 19.1. The highest BCUT2D eigenvalue weighted by molar-refractivity contribution is 5.87. The number of fused-ring (bicyclic) bond motifs is 2. The van der Waals surface area contributed by atoms with Crippen LogP contribution < -0.4 is 5.56 Å². The third-order valence-corrected chi connectivity index (χ3v) is 5.19. The number of hydrogen-bond acceptors (Lipinski definition) is 3. The zero-order valence-corrected chi connectivity index (χ0v) is 15.7. The van der Waals surface area contributed by atoms with Gasteiger partial charge in [-0.15, -0.1) is 0 Å². The number of benzene rings is 3. The van der Waals surface area contributed by atoms with E-state index in [0.29, 0.717) is 16.6 Å². The molecule has 146 valence electrons. The Hall–Kier alpha value is -3.93. The molecule has 0 atom stereocenters. The van der Waals surface area contributed by atoms with E-state index in [1.54, 1.807) is 6.07 Å². The summed E-state index contributed by atoms with van der Waals surface area (Å²) in [6, 6.07) is 17.7. The summed E-state index contributed by atoms with van der Waals surface area (Å²) in [4.78, 5) is 20.3. The molecule has 0 bridgehead atoms. The Morgan fingerprint density at radius 1 is 0.833 bits per heavy atom. The average Bonchev–Trinajstić information content (AvgIpc) is 2.77. The molecule has 0 aliphatic heterocycles. The maximum absolute atomic E-state index is 14.9. The lowest BCUT2D eigenvalue weighted by molar-refractivity contribution is 0.545. The summed E-state index contributed by atoms with van der Waals surface area (Å²) in [5, 5.41) is 2.04. The molecule has 0 saturated heterocycles. The molecule has 4 nitrogen and oxygen atoms in total. The molecule has 2 aromatic heterocycles. The second kappa shape index (κ2) is 7.15. The predicted molar refractivity (Wildman–Crippen MR) is 112 cm³/mol. The van der Waals surface area contributed by atoms with Gasteiger partial charge in [-0.05, 0) is 46.2 Å². The normalized spacial score (nSPS) is 11.3. The van der Waals surface area contributed by atoms with Crippen molar-refractivity contribution < 1.29 is 8.78 Å². The van der Waals surface area contributed by atoms with Crippen LogP contribution in [-0.2, 0) is 6.54 Å². The molecule has 0 aliphatic carbocycles. The number of hydrogen-bond donors (Lipinski definition) is 0. The zero-order chi connectivity index (χ0) is 20.7. The standard InChI is InChI=1S/C24H15F2N3O/c25-20-10-18(17-6-5-15-3-1-2-4-16(15)9-17)11-21(26)19(20)14-29-23-7-8-27-12-22(23)28-13-24(29)30/h1-13H,14H2. The molecule has 0 N–H and O–H groups in total. The van der Waals surface area contributed by atoms with Crippen LogP contribution in [0.2, 0.25) is 0 Å². The summed E-state index contributed by atoms with van der Waals surface area (Å²) in [6.07, 6.45) is 4.14. The third-order valence-electron chi connectivity index (χ3n) is 5.19. The van der Waals surface area contributed by atoms with Crippen LogP contribution in [0.5, 0.6) is 0 Å². The Bertz CT molecular complexity index is 1450. The minimum absolute atomic E-state index is 0.175. The Morgan fingerprint density at radius 3 is 2.40 bits per heavy atom. The molecule has 5 aromatic rings. The van der Waals surface area contributed by atoms with E-state index in [4.69, 9.17) is 0 Å². The summed E-state index contributed by atoms with van der Waals surface area (Å²) >= 11 is 0. The average molecular weight is 399 g/mol. The van der Waals surface area contributed by atoms with Crippen LogP contribution in [0.1, 0.15) is 5.56 Å². The highest BCUT2D eigenvalue weighted by Gasteiger charge is 2.15. The molecule has 5 rings (SSSR count). The fraction of sp³-hybridized carbons (Fsp3) is 0.0417. The number of rotatable bonds is 3. The molecule has 0 saturated carbocycles. The smallest absolute Gasteiger partial charge is 0.269 e. The first-order valence-corrected chi connectivity index (χ1v) is 9.37. The van der Waals surface area contributed by atoms with E-state index in [9.17, 15) is 13.6 Å². The minimum Gasteiger partial charge on any atom is -0.301 e. The first-order chi connectivity index (χ1) is 14.6. The third kappa shape index (κ3) is 3.12. The fourth-order valence-corrected chi connectivity index (χ4v) is 3.63. The van der Waals surface area contributed by atoms with E-state index < -0.39 is 17.2 Å². The molecule has 6 heteroatoms. The summed E-state index contributed by atoms with van der Waals surface area (Å²) in [5.74, 6) is -1.41. The number of aromatic nitrogens is 3. The van der Waals surface area contributed by atoms with Gasteiger partial charge in [-0.2, -0.15) is 0 Å². The maximum atomic E-state index is 14.9. The van der Waals surface area contributed by atoms with Crippen LogP contribution in [0, 0.1) is 11.6 Å². The number of halogens is 2. The van der Waals surface area contributed by atoms with Gasteiger partial charge in [0.05, 0.1) is 24.5 Å². The first-order valence-electron chi connectivity index (χ1n) is 9.37. The molecule has 0 fully saturated rings. The van der Waals surface area contributed by atoms with Crippen molar-refractivity contribution in [3.05, 3.63) is 107 Å². The Balaban J connectivity index is 1.58. The van der Waals surface area contributed by atoms with E-state index >= 15 is 0 Å². The summed E-state index contributed by atoms with van der Waals surface area (Å²) in [7, 11) is 0. The van der Waals surface area contributed by atoms with Gasteiger partial charge in [-0.1, -0.05) is 36.4 Å². The van der Waals surface area contributed by atoms with E-state index in [2.05, 4.69) is 9.97 Å². The molecule has 0 unspecified atom stereocenters. The summed E-state index contributed by atoms with van der Waals surface area (Å²) in [5.41, 5.74) is 1.49. The second-order valence-corrected chi connectivity index (χ2v) is 7.03. The molecular formula is C24H15F2N3O. The van der Waals surface area contributed by atoms with Crippen molar-refractivity contribution in [1.29, 1.82) is 0 Å². The monoisotopic (exact) mass is 399 g/mol. The van der Waals surface area contributed by atoms with Crippen LogP contribution in [0.15, 0.2) is 84.0 Å². The van der Waals surface area contributed by atoms with Crippen molar-refractivity contribution in [2.75, 3.05) is 0 Å².